The van der Waals surface area contributed by atoms with Gasteiger partial charge in [0, 0.05) is 0 Å². The molecule has 0 aliphatic carbocycles. The largest absolute Gasteiger partial charge is 0.0654 e. The third kappa shape index (κ3) is 24.3. The van der Waals surface area contributed by atoms with Gasteiger partial charge in [0.1, 0.15) is 0 Å². The van der Waals surface area contributed by atoms with Crippen LogP contribution in [0.3, 0.4) is 0 Å². The summed E-state index contributed by atoms with van der Waals surface area (Å²) in [4.78, 5) is 0. The molecular formula is C30H62. The van der Waals surface area contributed by atoms with E-state index >= 15 is 0 Å². The van der Waals surface area contributed by atoms with Crippen molar-refractivity contribution in [3.05, 3.63) is 0 Å². The highest BCUT2D eigenvalue weighted by Gasteiger charge is 2.07. The second-order valence-electron chi connectivity index (χ2n) is 10.3. The Labute approximate surface area is 193 Å². The third-order valence-electron chi connectivity index (χ3n) is 7.13. The van der Waals surface area contributed by atoms with Crippen LogP contribution in [0, 0.1) is 5.92 Å². The highest BCUT2D eigenvalue weighted by Crippen LogP contribution is 2.23. The van der Waals surface area contributed by atoms with Crippen molar-refractivity contribution in [2.75, 3.05) is 0 Å². The van der Waals surface area contributed by atoms with Gasteiger partial charge >= 0.3 is 0 Å². The fourth-order valence-electron chi connectivity index (χ4n) is 5.04. The van der Waals surface area contributed by atoms with Crippen LogP contribution in [0.15, 0.2) is 0 Å². The molecule has 0 spiro atoms. The van der Waals surface area contributed by atoms with Crippen LogP contribution in [0.4, 0.5) is 0 Å². The van der Waals surface area contributed by atoms with Gasteiger partial charge in [-0.2, -0.15) is 0 Å². The number of rotatable bonds is 26. The Morgan fingerprint density at radius 1 is 0.267 bits per heavy atom. The second kappa shape index (κ2) is 27.0. The minimum Gasteiger partial charge on any atom is -0.0654 e. The Kier molecular flexibility index (Phi) is 27.0. The van der Waals surface area contributed by atoms with Crippen molar-refractivity contribution in [1.82, 2.24) is 0 Å². The molecule has 0 saturated heterocycles. The summed E-state index contributed by atoms with van der Waals surface area (Å²) in [6.45, 7) is 7.00. The van der Waals surface area contributed by atoms with Gasteiger partial charge < -0.3 is 0 Å². The molecule has 0 radical (unpaired) electrons. The van der Waals surface area contributed by atoms with Gasteiger partial charge in [-0.25, -0.2) is 0 Å². The van der Waals surface area contributed by atoms with Gasteiger partial charge in [-0.15, -0.1) is 0 Å². The molecule has 1 atom stereocenters. The molecule has 0 heterocycles. The summed E-state index contributed by atoms with van der Waals surface area (Å²) in [6, 6.07) is 0. The number of hydrogen-bond acceptors (Lipinski definition) is 0. The lowest BCUT2D eigenvalue weighted by molar-refractivity contribution is 0.376. The molecule has 0 bridgehead atoms. The molecule has 0 aliphatic rings. The first-order valence-electron chi connectivity index (χ1n) is 14.8. The molecule has 30 heavy (non-hydrogen) atoms. The monoisotopic (exact) mass is 422 g/mol. The fraction of sp³-hybridized carbons (Fsp3) is 1.00. The Balaban J connectivity index is 3.39. The van der Waals surface area contributed by atoms with Gasteiger partial charge in [-0.05, 0) is 5.92 Å². The summed E-state index contributed by atoms with van der Waals surface area (Å²) in [5.41, 5.74) is 0. The zero-order valence-corrected chi connectivity index (χ0v) is 22.0. The fourth-order valence-corrected chi connectivity index (χ4v) is 5.04. The van der Waals surface area contributed by atoms with Crippen LogP contribution in [0.5, 0.6) is 0 Å². The van der Waals surface area contributed by atoms with Gasteiger partial charge in [-0.1, -0.05) is 188 Å². The molecule has 0 rings (SSSR count). The van der Waals surface area contributed by atoms with Gasteiger partial charge in [0.15, 0.2) is 0 Å². The minimum atomic E-state index is 1.03. The van der Waals surface area contributed by atoms with E-state index in [1.165, 1.54) is 167 Å². The van der Waals surface area contributed by atoms with Crippen molar-refractivity contribution >= 4 is 0 Å². The maximum absolute atomic E-state index is 2.38. The zero-order valence-electron chi connectivity index (χ0n) is 22.0. The predicted molar refractivity (Wildman–Crippen MR) is 141 cm³/mol. The highest BCUT2D eigenvalue weighted by atomic mass is 14.1. The molecule has 0 nitrogen and oxygen atoms in total. The normalized spacial score (nSPS) is 12.5. The molecule has 0 heteroatoms. The van der Waals surface area contributed by atoms with Crippen LogP contribution in [0.1, 0.15) is 188 Å². The molecular weight excluding hydrogens is 360 g/mol. The third-order valence-corrected chi connectivity index (χ3v) is 7.13. The quantitative estimate of drug-likeness (QED) is 0.122. The van der Waals surface area contributed by atoms with E-state index in [0.29, 0.717) is 0 Å². The van der Waals surface area contributed by atoms with Gasteiger partial charge in [0.2, 0.25) is 0 Å². The molecule has 0 saturated carbocycles. The van der Waals surface area contributed by atoms with E-state index < -0.39 is 0 Å². The first-order chi connectivity index (χ1) is 14.8. The van der Waals surface area contributed by atoms with Crippen molar-refractivity contribution in [3.63, 3.8) is 0 Å². The van der Waals surface area contributed by atoms with E-state index in [0.717, 1.165) is 5.92 Å². The summed E-state index contributed by atoms with van der Waals surface area (Å²) < 4.78 is 0. The van der Waals surface area contributed by atoms with Crippen molar-refractivity contribution in [2.45, 2.75) is 188 Å². The van der Waals surface area contributed by atoms with E-state index in [-0.39, 0.29) is 0 Å². The molecule has 0 N–H and O–H groups in total. The standard InChI is InChI=1S/C30H62/c1-4-7-9-11-13-15-17-18-20-22-24-26-29-30(27-6-3)28-25-23-21-19-16-14-12-10-8-5-2/h30H,4-29H2,1-3H3. The van der Waals surface area contributed by atoms with Crippen LogP contribution in [-0.4, -0.2) is 0 Å². The summed E-state index contributed by atoms with van der Waals surface area (Å²) in [7, 11) is 0. The maximum atomic E-state index is 2.38. The topological polar surface area (TPSA) is 0 Å². The molecule has 0 fully saturated rings. The predicted octanol–water partition coefficient (Wildman–Crippen LogP) is 11.8. The highest BCUT2D eigenvalue weighted by molar-refractivity contribution is 4.61. The SMILES string of the molecule is CCCCCCCCCCCCCCC(CCC)CCCCCCCCCCCC. The molecule has 0 amide bonds. The average Bonchev–Trinajstić information content (AvgIpc) is 2.75. The second-order valence-corrected chi connectivity index (χ2v) is 10.3. The Morgan fingerprint density at radius 3 is 0.800 bits per heavy atom. The first kappa shape index (κ1) is 30.0. The Bertz CT molecular complexity index is 282. The van der Waals surface area contributed by atoms with Crippen LogP contribution >= 0.6 is 0 Å². The Morgan fingerprint density at radius 2 is 0.533 bits per heavy atom. The first-order valence-corrected chi connectivity index (χ1v) is 14.8. The molecule has 182 valence electrons. The summed E-state index contributed by atoms with van der Waals surface area (Å²) in [5, 5.41) is 0. The summed E-state index contributed by atoms with van der Waals surface area (Å²) >= 11 is 0. The number of unbranched alkanes of at least 4 members (excludes halogenated alkanes) is 20. The van der Waals surface area contributed by atoms with Crippen molar-refractivity contribution < 1.29 is 0 Å². The van der Waals surface area contributed by atoms with Gasteiger partial charge in [0.05, 0.1) is 0 Å². The Hall–Kier alpha value is 0. The molecule has 0 aromatic heterocycles. The van der Waals surface area contributed by atoms with Crippen molar-refractivity contribution in [2.24, 2.45) is 5.92 Å². The van der Waals surface area contributed by atoms with E-state index in [9.17, 15) is 0 Å². The van der Waals surface area contributed by atoms with E-state index in [2.05, 4.69) is 20.8 Å². The molecule has 0 aromatic rings. The molecule has 0 aliphatic heterocycles. The molecule has 0 aromatic carbocycles. The van der Waals surface area contributed by atoms with Crippen LogP contribution in [0.25, 0.3) is 0 Å². The maximum Gasteiger partial charge on any atom is -0.0414 e. The molecule has 1 unspecified atom stereocenters. The van der Waals surface area contributed by atoms with Gasteiger partial charge in [-0.3, -0.25) is 0 Å². The average molecular weight is 423 g/mol. The van der Waals surface area contributed by atoms with Crippen LogP contribution < -0.4 is 0 Å². The smallest absolute Gasteiger partial charge is 0.0414 e. The lowest BCUT2D eigenvalue weighted by atomic mass is 9.90. The lowest BCUT2D eigenvalue weighted by Gasteiger charge is -2.16. The lowest BCUT2D eigenvalue weighted by Crippen LogP contribution is -2.00. The number of hydrogen-bond donors (Lipinski definition) is 0. The van der Waals surface area contributed by atoms with Crippen molar-refractivity contribution in [3.8, 4) is 0 Å². The van der Waals surface area contributed by atoms with Gasteiger partial charge in [0.25, 0.3) is 0 Å². The van der Waals surface area contributed by atoms with Crippen LogP contribution in [-0.2, 0) is 0 Å². The zero-order chi connectivity index (χ0) is 22.0. The van der Waals surface area contributed by atoms with E-state index in [1.54, 1.807) is 0 Å². The van der Waals surface area contributed by atoms with E-state index in [4.69, 9.17) is 0 Å². The summed E-state index contributed by atoms with van der Waals surface area (Å²) in [5.74, 6) is 1.03. The van der Waals surface area contributed by atoms with Crippen molar-refractivity contribution in [1.29, 1.82) is 0 Å². The van der Waals surface area contributed by atoms with E-state index in [1.807, 2.05) is 0 Å². The minimum absolute atomic E-state index is 1.03. The summed E-state index contributed by atoms with van der Waals surface area (Å²) in [6.07, 6.45) is 38.3. The van der Waals surface area contributed by atoms with Crippen LogP contribution in [0.2, 0.25) is 0 Å².